The molecule has 0 fully saturated rings. The van der Waals surface area contributed by atoms with Crippen LogP contribution in [0.1, 0.15) is 0 Å². The van der Waals surface area contributed by atoms with Gasteiger partial charge in [0.1, 0.15) is 5.57 Å². The van der Waals surface area contributed by atoms with Crippen LogP contribution in [0.15, 0.2) is 11.6 Å². The smallest absolute Gasteiger partial charge is 0.478 e. The van der Waals surface area contributed by atoms with Crippen LogP contribution in [0.25, 0.3) is 0 Å². The molecule has 0 aromatic heterocycles. The summed E-state index contributed by atoms with van der Waals surface area (Å²) in [5.74, 6) is -4.27. The van der Waals surface area contributed by atoms with E-state index in [0.29, 0.717) is 0 Å². The zero-order valence-corrected chi connectivity index (χ0v) is 8.51. The van der Waals surface area contributed by atoms with Crippen molar-refractivity contribution in [1.29, 1.82) is 0 Å². The predicted octanol–water partition coefficient (Wildman–Crippen LogP) is -1.05. The number of carbonyl (C=O) groups is 2. The summed E-state index contributed by atoms with van der Waals surface area (Å²) in [7, 11) is -6.00. The van der Waals surface area contributed by atoms with Crippen LogP contribution < -0.4 is 18.9 Å². The number of carboxylic acids is 2. The standard InChI is InChI=1S/C5H3F3O4.BF4.Li/c6-5(7,8)2(4(11)12)1-3(9)10;2-1(3,4)5;/h1H,(H,9,10)(H,11,12);;/q;-1;+1/b2-1+;;. The van der Waals surface area contributed by atoms with Crippen LogP contribution in [-0.4, -0.2) is 35.6 Å². The van der Waals surface area contributed by atoms with E-state index in [-0.39, 0.29) is 18.9 Å². The first-order chi connectivity index (χ1) is 7.25. The van der Waals surface area contributed by atoms with Crippen molar-refractivity contribution < 1.29 is 69.1 Å². The van der Waals surface area contributed by atoms with Gasteiger partial charge in [0, 0.05) is 6.08 Å². The molecule has 100 valence electrons. The minimum atomic E-state index is -6.00. The molecule has 0 heterocycles. The number of carboxylic acid groups (broad SMARTS) is 2. The van der Waals surface area contributed by atoms with E-state index in [0.717, 1.165) is 0 Å². The predicted molar refractivity (Wildman–Crippen MR) is 39.6 cm³/mol. The minimum absolute atomic E-state index is 0. The molecule has 0 aromatic carbocycles. The maximum absolute atomic E-state index is 11.6. The van der Waals surface area contributed by atoms with Crippen LogP contribution in [0, 0.1) is 0 Å². The van der Waals surface area contributed by atoms with Crippen LogP contribution in [0.2, 0.25) is 0 Å². The van der Waals surface area contributed by atoms with E-state index in [4.69, 9.17) is 10.2 Å². The van der Waals surface area contributed by atoms with Crippen molar-refractivity contribution in [3.05, 3.63) is 11.6 Å². The van der Waals surface area contributed by atoms with Gasteiger partial charge in [-0.05, 0) is 0 Å². The molecule has 0 amide bonds. The fourth-order valence-corrected chi connectivity index (χ4v) is 0.388. The normalized spacial score (nSPS) is 11.8. The molecule has 0 aliphatic rings. The number of hydrogen-bond acceptors (Lipinski definition) is 2. The van der Waals surface area contributed by atoms with Crippen molar-refractivity contribution in [2.75, 3.05) is 0 Å². The Morgan fingerprint density at radius 1 is 1.00 bits per heavy atom. The summed E-state index contributed by atoms with van der Waals surface area (Å²) in [6.45, 7) is 0. The molecule has 4 nitrogen and oxygen atoms in total. The third-order valence-electron chi connectivity index (χ3n) is 0.804. The number of rotatable bonds is 2. The van der Waals surface area contributed by atoms with E-state index in [1.807, 2.05) is 0 Å². The van der Waals surface area contributed by atoms with E-state index >= 15 is 0 Å². The van der Waals surface area contributed by atoms with Crippen molar-refractivity contribution in [3.8, 4) is 0 Å². The van der Waals surface area contributed by atoms with Gasteiger partial charge in [-0.15, -0.1) is 0 Å². The number of aliphatic carboxylic acids is 2. The zero-order valence-electron chi connectivity index (χ0n) is 8.51. The quantitative estimate of drug-likeness (QED) is 0.384. The second kappa shape index (κ2) is 8.04. The summed E-state index contributed by atoms with van der Waals surface area (Å²) in [5.41, 5.74) is -2.10. The molecule has 0 aromatic rings. The Hall–Kier alpha value is -1.15. The largest absolute Gasteiger partial charge is 1.00 e. The number of hydrogen-bond donors (Lipinski definition) is 2. The average Bonchev–Trinajstić information content (AvgIpc) is 1.93. The van der Waals surface area contributed by atoms with Gasteiger partial charge in [0.2, 0.25) is 0 Å². The fourth-order valence-electron chi connectivity index (χ4n) is 0.388. The first-order valence-electron chi connectivity index (χ1n) is 3.37. The molecule has 18 heavy (non-hydrogen) atoms. The number of halogens is 7. The van der Waals surface area contributed by atoms with Gasteiger partial charge in [-0.2, -0.15) is 13.2 Å². The first kappa shape index (κ1) is 22.1. The van der Waals surface area contributed by atoms with Gasteiger partial charge in [-0.3, -0.25) is 0 Å². The third kappa shape index (κ3) is 17.3. The van der Waals surface area contributed by atoms with Crippen LogP contribution in [0.5, 0.6) is 0 Å². The second-order valence-electron chi connectivity index (χ2n) is 2.19. The van der Waals surface area contributed by atoms with Gasteiger partial charge in [-0.25, -0.2) is 9.59 Å². The molecule has 0 saturated carbocycles. The third-order valence-corrected chi connectivity index (χ3v) is 0.804. The Bertz CT molecular complexity index is 317. The van der Waals surface area contributed by atoms with E-state index < -0.39 is 37.0 Å². The van der Waals surface area contributed by atoms with E-state index in [1.54, 1.807) is 0 Å². The van der Waals surface area contributed by atoms with Crippen LogP contribution in [0.4, 0.5) is 30.4 Å². The Labute approximate surface area is 107 Å². The van der Waals surface area contributed by atoms with Crippen molar-refractivity contribution in [2.45, 2.75) is 6.18 Å². The van der Waals surface area contributed by atoms with Crippen LogP contribution in [-0.2, 0) is 9.59 Å². The summed E-state index contributed by atoms with van der Waals surface area (Å²) >= 11 is 0. The molecule has 0 radical (unpaired) electrons. The minimum Gasteiger partial charge on any atom is -0.478 e. The molecule has 0 spiro atoms. The molecule has 0 bridgehead atoms. The van der Waals surface area contributed by atoms with Crippen LogP contribution in [0.3, 0.4) is 0 Å². The van der Waals surface area contributed by atoms with Crippen molar-refractivity contribution >= 4 is 19.2 Å². The molecule has 0 unspecified atom stereocenters. The maximum atomic E-state index is 11.6. The molecule has 2 N–H and O–H groups in total. The monoisotopic (exact) mass is 278 g/mol. The van der Waals surface area contributed by atoms with Gasteiger partial charge < -0.3 is 27.5 Å². The molecular formula is C5H3BF7LiO4. The molecule has 0 aliphatic carbocycles. The Morgan fingerprint density at radius 2 is 1.28 bits per heavy atom. The Morgan fingerprint density at radius 3 is 1.33 bits per heavy atom. The SMILES string of the molecule is F[B-](F)(F)F.O=C(O)/C=C(\C(=O)O)C(F)(F)F.[Li+]. The maximum Gasteiger partial charge on any atom is 1.00 e. The Kier molecular flexibility index (Phi) is 9.86. The molecular weight excluding hydrogens is 275 g/mol. The molecule has 0 saturated heterocycles. The number of alkyl halides is 3. The van der Waals surface area contributed by atoms with Gasteiger partial charge in [0.15, 0.2) is 0 Å². The molecule has 0 atom stereocenters. The zero-order chi connectivity index (χ0) is 14.4. The summed E-state index contributed by atoms with van der Waals surface area (Å²) in [6.07, 6.45) is -5.55. The summed E-state index contributed by atoms with van der Waals surface area (Å²) in [4.78, 5) is 19.6. The fraction of sp³-hybridized carbons (Fsp3) is 0.200. The average molecular weight is 278 g/mol. The van der Waals surface area contributed by atoms with E-state index in [2.05, 4.69) is 0 Å². The summed E-state index contributed by atoms with van der Waals surface area (Å²) in [6, 6.07) is 0. The van der Waals surface area contributed by atoms with Gasteiger partial charge in [-0.1, -0.05) is 0 Å². The van der Waals surface area contributed by atoms with E-state index in [9.17, 15) is 40.0 Å². The molecule has 13 heteroatoms. The van der Waals surface area contributed by atoms with Crippen LogP contribution >= 0.6 is 0 Å². The first-order valence-corrected chi connectivity index (χ1v) is 3.37. The van der Waals surface area contributed by atoms with Crippen molar-refractivity contribution in [1.82, 2.24) is 0 Å². The summed E-state index contributed by atoms with van der Waals surface area (Å²) < 4.78 is 73.9. The second-order valence-corrected chi connectivity index (χ2v) is 2.19. The Balaban J connectivity index is -0.000000321. The molecule has 0 aliphatic heterocycles. The summed E-state index contributed by atoms with van der Waals surface area (Å²) in [5, 5.41) is 15.8. The van der Waals surface area contributed by atoms with Gasteiger partial charge >= 0.3 is 44.2 Å². The van der Waals surface area contributed by atoms with Gasteiger partial charge in [0.05, 0.1) is 0 Å². The van der Waals surface area contributed by atoms with Crippen molar-refractivity contribution in [2.24, 2.45) is 0 Å². The topological polar surface area (TPSA) is 74.6 Å². The van der Waals surface area contributed by atoms with Gasteiger partial charge in [0.25, 0.3) is 0 Å². The molecule has 0 rings (SSSR count). The van der Waals surface area contributed by atoms with Crippen molar-refractivity contribution in [3.63, 3.8) is 0 Å². The van der Waals surface area contributed by atoms with E-state index in [1.165, 1.54) is 0 Å².